The number of piperidine rings is 1. The Balaban J connectivity index is 1.41. The number of rotatable bonds is 3. The van der Waals surface area contributed by atoms with Crippen molar-refractivity contribution in [2.24, 2.45) is 11.3 Å². The number of hydrogen-bond acceptors (Lipinski definition) is 3. The molecule has 1 saturated heterocycles. The smallest absolute Gasteiger partial charge is 0.307 e. The van der Waals surface area contributed by atoms with Crippen LogP contribution >= 0.6 is 0 Å². The average molecular weight is 325 g/mol. The first kappa shape index (κ1) is 14.9. The van der Waals surface area contributed by atoms with Gasteiger partial charge in [0.2, 0.25) is 0 Å². The minimum atomic E-state index is -0.690. The number of carboxylic acids is 1. The molecular formula is C18H19N3O3. The number of aliphatic carboxylic acids is 1. The van der Waals surface area contributed by atoms with E-state index in [0.29, 0.717) is 18.7 Å². The van der Waals surface area contributed by atoms with Crippen LogP contribution in [0.4, 0.5) is 0 Å². The maximum atomic E-state index is 12.6. The van der Waals surface area contributed by atoms with Crippen molar-refractivity contribution in [1.82, 2.24) is 14.5 Å². The highest BCUT2D eigenvalue weighted by Crippen LogP contribution is 2.59. The van der Waals surface area contributed by atoms with Crippen LogP contribution in [-0.4, -0.2) is 44.5 Å². The molecule has 2 fully saturated rings. The molecule has 1 atom stereocenters. The third-order valence-electron chi connectivity index (χ3n) is 5.45. The van der Waals surface area contributed by atoms with Crippen LogP contribution in [0.1, 0.15) is 29.6 Å². The summed E-state index contributed by atoms with van der Waals surface area (Å²) in [7, 11) is 0. The van der Waals surface area contributed by atoms with E-state index in [2.05, 4.69) is 4.98 Å². The number of imidazole rings is 1. The summed E-state index contributed by atoms with van der Waals surface area (Å²) in [5, 5.41) is 9.14. The Hall–Kier alpha value is -2.63. The summed E-state index contributed by atoms with van der Waals surface area (Å²) in [5.74, 6) is -0.872. The van der Waals surface area contributed by atoms with Gasteiger partial charge in [0.25, 0.3) is 5.91 Å². The molecule has 1 N–H and O–H groups in total. The lowest BCUT2D eigenvalue weighted by atomic mass is 9.90. The summed E-state index contributed by atoms with van der Waals surface area (Å²) in [5.41, 5.74) is 1.58. The van der Waals surface area contributed by atoms with Gasteiger partial charge in [-0.3, -0.25) is 9.59 Å². The average Bonchev–Trinajstić information content (AvgIpc) is 3.05. The van der Waals surface area contributed by atoms with E-state index in [0.717, 1.165) is 24.9 Å². The zero-order valence-electron chi connectivity index (χ0n) is 13.3. The van der Waals surface area contributed by atoms with Crippen molar-refractivity contribution < 1.29 is 14.7 Å². The van der Waals surface area contributed by atoms with Gasteiger partial charge in [0.1, 0.15) is 0 Å². The highest BCUT2D eigenvalue weighted by molar-refractivity contribution is 5.94. The number of carbonyl (C=O) groups excluding carboxylic acids is 1. The molecule has 0 bridgehead atoms. The molecule has 0 radical (unpaired) electrons. The van der Waals surface area contributed by atoms with E-state index in [1.165, 1.54) is 0 Å². The summed E-state index contributed by atoms with van der Waals surface area (Å²) in [6.07, 6.45) is 7.64. The van der Waals surface area contributed by atoms with E-state index in [1.54, 1.807) is 12.5 Å². The number of hydrogen-bond donors (Lipinski definition) is 1. The normalized spacial score (nSPS) is 21.7. The molecular weight excluding hydrogens is 306 g/mol. The van der Waals surface area contributed by atoms with Crippen LogP contribution in [0.15, 0.2) is 43.0 Å². The Kier molecular flexibility index (Phi) is 3.40. The summed E-state index contributed by atoms with van der Waals surface area (Å²) >= 11 is 0. The summed E-state index contributed by atoms with van der Waals surface area (Å²) < 4.78 is 1.89. The standard InChI is InChI=1S/C18H19N3O3/c22-16(13-1-3-14(4-2-13)21-10-7-19-12-21)20-8-5-18(6-9-20)11-15(18)17(23)24/h1-4,7,10,12,15H,5-6,8-9,11H2,(H,23,24). The summed E-state index contributed by atoms with van der Waals surface area (Å²) in [6.45, 7) is 1.29. The number of likely N-dealkylation sites (tertiary alicyclic amines) is 1. The molecule has 6 heteroatoms. The van der Waals surface area contributed by atoms with Crippen LogP contribution in [0.3, 0.4) is 0 Å². The van der Waals surface area contributed by atoms with Crippen molar-refractivity contribution >= 4 is 11.9 Å². The first-order chi connectivity index (χ1) is 11.6. The van der Waals surface area contributed by atoms with Crippen LogP contribution in [0.25, 0.3) is 5.69 Å². The molecule has 2 aliphatic rings. The van der Waals surface area contributed by atoms with Gasteiger partial charge in [0, 0.05) is 36.7 Å². The molecule has 1 aliphatic heterocycles. The van der Waals surface area contributed by atoms with Gasteiger partial charge in [-0.15, -0.1) is 0 Å². The molecule has 1 aromatic carbocycles. The molecule has 24 heavy (non-hydrogen) atoms. The SMILES string of the molecule is O=C(O)C1CC12CCN(C(=O)c1ccc(-n3ccnc3)cc1)CC2. The zero-order valence-corrected chi connectivity index (χ0v) is 13.3. The Morgan fingerprint density at radius 1 is 1.17 bits per heavy atom. The van der Waals surface area contributed by atoms with Crippen molar-refractivity contribution in [3.63, 3.8) is 0 Å². The van der Waals surface area contributed by atoms with E-state index in [1.807, 2.05) is 39.9 Å². The molecule has 124 valence electrons. The topological polar surface area (TPSA) is 75.4 Å². The van der Waals surface area contributed by atoms with Gasteiger partial charge in [-0.05, 0) is 48.9 Å². The zero-order chi connectivity index (χ0) is 16.7. The van der Waals surface area contributed by atoms with Gasteiger partial charge >= 0.3 is 5.97 Å². The number of carbonyl (C=O) groups is 2. The quantitative estimate of drug-likeness (QED) is 0.939. The van der Waals surface area contributed by atoms with Gasteiger partial charge in [-0.25, -0.2) is 4.98 Å². The Morgan fingerprint density at radius 2 is 1.88 bits per heavy atom. The minimum absolute atomic E-state index is 0.0227. The predicted octanol–water partition coefficient (Wildman–Crippen LogP) is 2.20. The van der Waals surface area contributed by atoms with Crippen molar-refractivity contribution in [3.8, 4) is 5.69 Å². The molecule has 4 rings (SSSR count). The molecule has 1 spiro atoms. The van der Waals surface area contributed by atoms with Crippen molar-refractivity contribution in [2.45, 2.75) is 19.3 Å². The predicted molar refractivity (Wildman–Crippen MR) is 86.9 cm³/mol. The van der Waals surface area contributed by atoms with Gasteiger partial charge in [0.15, 0.2) is 0 Å². The van der Waals surface area contributed by atoms with Gasteiger partial charge in [0.05, 0.1) is 12.2 Å². The van der Waals surface area contributed by atoms with E-state index < -0.39 is 5.97 Å². The molecule has 1 aliphatic carbocycles. The largest absolute Gasteiger partial charge is 0.481 e. The monoisotopic (exact) mass is 325 g/mol. The molecule has 2 heterocycles. The summed E-state index contributed by atoms with van der Waals surface area (Å²) in [4.78, 5) is 29.6. The lowest BCUT2D eigenvalue weighted by Crippen LogP contribution is -2.40. The maximum absolute atomic E-state index is 12.6. The fraction of sp³-hybridized carbons (Fsp3) is 0.389. The summed E-state index contributed by atoms with van der Waals surface area (Å²) in [6, 6.07) is 7.47. The van der Waals surface area contributed by atoms with Crippen LogP contribution in [0, 0.1) is 11.3 Å². The number of nitrogens with zero attached hydrogens (tertiary/aromatic N) is 3. The van der Waals surface area contributed by atoms with Crippen LogP contribution in [-0.2, 0) is 4.79 Å². The fourth-order valence-electron chi connectivity index (χ4n) is 3.78. The lowest BCUT2D eigenvalue weighted by Gasteiger charge is -2.32. The van der Waals surface area contributed by atoms with Crippen molar-refractivity contribution in [2.75, 3.05) is 13.1 Å². The third-order valence-corrected chi connectivity index (χ3v) is 5.45. The van der Waals surface area contributed by atoms with Gasteiger partial charge in [-0.1, -0.05) is 0 Å². The van der Waals surface area contributed by atoms with E-state index in [-0.39, 0.29) is 17.2 Å². The number of aromatic nitrogens is 2. The highest BCUT2D eigenvalue weighted by atomic mass is 16.4. The Morgan fingerprint density at radius 3 is 2.42 bits per heavy atom. The maximum Gasteiger partial charge on any atom is 0.307 e. The first-order valence-corrected chi connectivity index (χ1v) is 8.20. The molecule has 2 aromatic rings. The second-order valence-corrected chi connectivity index (χ2v) is 6.77. The molecule has 1 aromatic heterocycles. The van der Waals surface area contributed by atoms with Crippen molar-refractivity contribution in [1.29, 1.82) is 0 Å². The van der Waals surface area contributed by atoms with E-state index >= 15 is 0 Å². The Labute approximate surface area is 139 Å². The lowest BCUT2D eigenvalue weighted by molar-refractivity contribution is -0.139. The second kappa shape index (κ2) is 5.47. The molecule has 1 unspecified atom stereocenters. The number of amides is 1. The van der Waals surface area contributed by atoms with Crippen LogP contribution in [0.2, 0.25) is 0 Å². The number of benzene rings is 1. The molecule has 1 amide bonds. The third kappa shape index (κ3) is 2.48. The van der Waals surface area contributed by atoms with Crippen LogP contribution in [0.5, 0.6) is 0 Å². The van der Waals surface area contributed by atoms with Gasteiger partial charge in [-0.2, -0.15) is 0 Å². The highest BCUT2D eigenvalue weighted by Gasteiger charge is 2.59. The van der Waals surface area contributed by atoms with Crippen LogP contribution < -0.4 is 0 Å². The first-order valence-electron chi connectivity index (χ1n) is 8.20. The number of carboxylic acid groups (broad SMARTS) is 1. The molecule has 1 saturated carbocycles. The van der Waals surface area contributed by atoms with E-state index in [4.69, 9.17) is 5.11 Å². The Bertz CT molecular complexity index is 759. The molecule has 6 nitrogen and oxygen atoms in total. The van der Waals surface area contributed by atoms with E-state index in [9.17, 15) is 9.59 Å². The van der Waals surface area contributed by atoms with Crippen molar-refractivity contribution in [3.05, 3.63) is 48.5 Å². The van der Waals surface area contributed by atoms with Gasteiger partial charge < -0.3 is 14.6 Å². The minimum Gasteiger partial charge on any atom is -0.481 e. The second-order valence-electron chi connectivity index (χ2n) is 6.77. The fourth-order valence-corrected chi connectivity index (χ4v) is 3.78.